The number of piperazine rings is 1. The average molecular weight is 497 g/mol. The molecule has 1 aliphatic heterocycles. The van der Waals surface area contributed by atoms with Crippen LogP contribution < -0.4 is 5.56 Å². The lowest BCUT2D eigenvalue weighted by Gasteiger charge is -2.34. The van der Waals surface area contributed by atoms with Crippen LogP contribution in [0.5, 0.6) is 0 Å². The molecule has 0 radical (unpaired) electrons. The number of nitrogens with zero attached hydrogens (tertiary/aromatic N) is 2. The summed E-state index contributed by atoms with van der Waals surface area (Å²) in [6, 6.07) is 2.94. The van der Waals surface area contributed by atoms with Crippen molar-refractivity contribution in [3.05, 3.63) is 63.1 Å². The summed E-state index contributed by atoms with van der Waals surface area (Å²) in [5.41, 5.74) is -3.79. The molecule has 1 aromatic heterocycles. The maximum Gasteiger partial charge on any atom is 0.416 e. The Balaban J connectivity index is 1.85. The SMILES string of the molecule is Cc1ccc(C(=O)N2CCN(S(=O)(=O)c3cc(C(F)(F)F)cc(C(F)(F)F)c3)CC2)c(=O)[nH]1. The number of aryl methyl sites for hydroxylation is 1. The van der Waals surface area contributed by atoms with E-state index in [1.807, 2.05) is 0 Å². The van der Waals surface area contributed by atoms with Crippen LogP contribution in [-0.2, 0) is 22.4 Å². The first-order valence-corrected chi connectivity index (χ1v) is 10.8. The van der Waals surface area contributed by atoms with Crippen molar-refractivity contribution in [3.8, 4) is 0 Å². The number of aromatic amines is 1. The number of amides is 1. The van der Waals surface area contributed by atoms with E-state index in [0.29, 0.717) is 10.00 Å². The van der Waals surface area contributed by atoms with E-state index in [4.69, 9.17) is 0 Å². The van der Waals surface area contributed by atoms with Crippen LogP contribution in [0.3, 0.4) is 0 Å². The third-order valence-corrected chi connectivity index (χ3v) is 6.89. The number of alkyl halides is 6. The predicted octanol–water partition coefficient (Wildman–Crippen LogP) is 2.87. The van der Waals surface area contributed by atoms with Crippen LogP contribution in [0.1, 0.15) is 27.2 Å². The molecule has 14 heteroatoms. The van der Waals surface area contributed by atoms with Gasteiger partial charge in [0, 0.05) is 31.9 Å². The molecule has 0 aliphatic carbocycles. The molecular weight excluding hydrogens is 480 g/mol. The quantitative estimate of drug-likeness (QED) is 0.661. The molecule has 2 heterocycles. The van der Waals surface area contributed by atoms with Gasteiger partial charge in [0.1, 0.15) is 5.56 Å². The maximum atomic E-state index is 13.1. The Morgan fingerprint density at radius 2 is 1.42 bits per heavy atom. The maximum absolute atomic E-state index is 13.1. The van der Waals surface area contributed by atoms with Crippen molar-refractivity contribution in [2.24, 2.45) is 0 Å². The summed E-state index contributed by atoms with van der Waals surface area (Å²) in [4.78, 5) is 27.0. The number of carbonyl (C=O) groups is 1. The second kappa shape index (κ2) is 8.48. The summed E-state index contributed by atoms with van der Waals surface area (Å²) in [7, 11) is -4.73. The van der Waals surface area contributed by atoms with Crippen molar-refractivity contribution in [1.82, 2.24) is 14.2 Å². The minimum Gasteiger partial charge on any atom is -0.336 e. The first-order valence-electron chi connectivity index (χ1n) is 9.39. The number of nitrogens with one attached hydrogen (secondary N) is 1. The molecule has 3 rings (SSSR count). The van der Waals surface area contributed by atoms with Gasteiger partial charge in [-0.3, -0.25) is 9.59 Å². The zero-order chi connectivity index (χ0) is 24.8. The molecule has 0 atom stereocenters. The third-order valence-electron chi connectivity index (χ3n) is 5.01. The van der Waals surface area contributed by atoms with Gasteiger partial charge in [0.05, 0.1) is 16.0 Å². The van der Waals surface area contributed by atoms with E-state index in [2.05, 4.69) is 4.98 Å². The van der Waals surface area contributed by atoms with Gasteiger partial charge in [-0.05, 0) is 37.3 Å². The van der Waals surface area contributed by atoms with E-state index < -0.39 is 49.9 Å². The van der Waals surface area contributed by atoms with E-state index in [9.17, 15) is 44.3 Å². The van der Waals surface area contributed by atoms with Gasteiger partial charge in [-0.1, -0.05) is 0 Å². The van der Waals surface area contributed by atoms with Gasteiger partial charge in [0.25, 0.3) is 11.5 Å². The smallest absolute Gasteiger partial charge is 0.336 e. The van der Waals surface area contributed by atoms with Gasteiger partial charge in [0.15, 0.2) is 0 Å². The molecule has 1 saturated heterocycles. The predicted molar refractivity (Wildman–Crippen MR) is 103 cm³/mol. The van der Waals surface area contributed by atoms with Gasteiger partial charge in [0.2, 0.25) is 10.0 Å². The Hall–Kier alpha value is -2.87. The average Bonchev–Trinajstić information content (AvgIpc) is 2.72. The van der Waals surface area contributed by atoms with Crippen molar-refractivity contribution < 1.29 is 39.6 Å². The van der Waals surface area contributed by atoms with Gasteiger partial charge < -0.3 is 9.88 Å². The van der Waals surface area contributed by atoms with E-state index in [0.717, 1.165) is 0 Å². The number of pyridine rings is 1. The molecule has 1 aromatic carbocycles. The number of rotatable bonds is 3. The zero-order valence-corrected chi connectivity index (χ0v) is 17.7. The minimum absolute atomic E-state index is 0.147. The Morgan fingerprint density at radius 1 is 0.909 bits per heavy atom. The van der Waals surface area contributed by atoms with E-state index in [-0.39, 0.29) is 49.9 Å². The van der Waals surface area contributed by atoms with Crippen LogP contribution in [0.2, 0.25) is 0 Å². The molecule has 1 fully saturated rings. The lowest BCUT2D eigenvalue weighted by molar-refractivity contribution is -0.143. The second-order valence-electron chi connectivity index (χ2n) is 7.32. The number of H-pyrrole nitrogens is 1. The highest BCUT2D eigenvalue weighted by Gasteiger charge is 2.40. The number of hydrogen-bond donors (Lipinski definition) is 1. The molecule has 1 aliphatic rings. The number of hydrogen-bond acceptors (Lipinski definition) is 4. The number of sulfonamides is 1. The molecule has 2 aromatic rings. The lowest BCUT2D eigenvalue weighted by Crippen LogP contribution is -2.51. The van der Waals surface area contributed by atoms with Crippen molar-refractivity contribution in [1.29, 1.82) is 0 Å². The van der Waals surface area contributed by atoms with Crippen LogP contribution in [0, 0.1) is 6.92 Å². The fraction of sp³-hybridized carbons (Fsp3) is 0.368. The van der Waals surface area contributed by atoms with Crippen LogP contribution in [0.15, 0.2) is 40.0 Å². The Bertz CT molecular complexity index is 1200. The van der Waals surface area contributed by atoms with Gasteiger partial charge in [-0.2, -0.15) is 30.6 Å². The largest absolute Gasteiger partial charge is 0.416 e. The highest BCUT2D eigenvalue weighted by Crippen LogP contribution is 2.37. The highest BCUT2D eigenvalue weighted by molar-refractivity contribution is 7.89. The molecule has 1 amide bonds. The van der Waals surface area contributed by atoms with E-state index >= 15 is 0 Å². The lowest BCUT2D eigenvalue weighted by atomic mass is 10.1. The molecular formula is C19H17F6N3O4S. The topological polar surface area (TPSA) is 90.6 Å². The summed E-state index contributed by atoms with van der Waals surface area (Å²) in [5, 5.41) is 0. The Morgan fingerprint density at radius 3 is 1.88 bits per heavy atom. The molecule has 180 valence electrons. The number of carbonyl (C=O) groups excluding carboxylic acids is 1. The summed E-state index contributed by atoms with van der Waals surface area (Å²) in [5.74, 6) is -0.674. The van der Waals surface area contributed by atoms with Gasteiger partial charge >= 0.3 is 12.4 Å². The van der Waals surface area contributed by atoms with Gasteiger partial charge in [-0.25, -0.2) is 8.42 Å². The van der Waals surface area contributed by atoms with Crippen LogP contribution in [0.25, 0.3) is 0 Å². The number of benzene rings is 1. The monoisotopic (exact) mass is 497 g/mol. The first kappa shape index (κ1) is 24.8. The van der Waals surface area contributed by atoms with Crippen molar-refractivity contribution in [3.63, 3.8) is 0 Å². The second-order valence-corrected chi connectivity index (χ2v) is 9.26. The standard InChI is InChI=1S/C19H17F6N3O4S/c1-11-2-3-15(16(29)26-11)17(30)27-4-6-28(7-5-27)33(31,32)14-9-12(18(20,21)22)8-13(10-14)19(23,24)25/h2-3,8-10H,4-7H2,1H3,(H,26,29). The summed E-state index contributed by atoms with van der Waals surface area (Å²) in [6.45, 7) is 0.426. The van der Waals surface area contributed by atoms with E-state index in [1.54, 1.807) is 6.92 Å². The molecule has 33 heavy (non-hydrogen) atoms. The summed E-state index contributed by atoms with van der Waals surface area (Å²) < 4.78 is 105. The highest BCUT2D eigenvalue weighted by atomic mass is 32.2. The van der Waals surface area contributed by atoms with Crippen molar-refractivity contribution in [2.45, 2.75) is 24.2 Å². The van der Waals surface area contributed by atoms with Crippen LogP contribution in [-0.4, -0.2) is 54.7 Å². The number of aromatic nitrogens is 1. The molecule has 1 N–H and O–H groups in total. The number of halogens is 6. The Kier molecular flexibility index (Phi) is 6.37. The van der Waals surface area contributed by atoms with Crippen LogP contribution >= 0.6 is 0 Å². The van der Waals surface area contributed by atoms with Crippen molar-refractivity contribution >= 4 is 15.9 Å². The normalized spacial score (nSPS) is 16.2. The van der Waals surface area contributed by atoms with E-state index in [1.165, 1.54) is 17.0 Å². The fourth-order valence-electron chi connectivity index (χ4n) is 3.27. The molecule has 0 bridgehead atoms. The molecule has 7 nitrogen and oxygen atoms in total. The summed E-state index contributed by atoms with van der Waals surface area (Å²) in [6.07, 6.45) is -10.4. The first-order chi connectivity index (χ1) is 15.1. The zero-order valence-electron chi connectivity index (χ0n) is 16.9. The summed E-state index contributed by atoms with van der Waals surface area (Å²) >= 11 is 0. The molecule has 0 unspecified atom stereocenters. The minimum atomic E-state index is -5.20. The molecule has 0 spiro atoms. The molecule has 0 saturated carbocycles. The van der Waals surface area contributed by atoms with Gasteiger partial charge in [-0.15, -0.1) is 0 Å². The van der Waals surface area contributed by atoms with Crippen molar-refractivity contribution in [2.75, 3.05) is 26.2 Å². The Labute approximate surface area is 183 Å². The fourth-order valence-corrected chi connectivity index (χ4v) is 4.76. The van der Waals surface area contributed by atoms with Crippen LogP contribution in [0.4, 0.5) is 26.3 Å². The third kappa shape index (κ3) is 5.21.